The molecule has 9 heteroatoms. The largest absolute Gasteiger partial charge is 0.456 e. The van der Waals surface area contributed by atoms with E-state index in [2.05, 4.69) is 120 Å². The standard InChI is InChI=1S/C52H30N6O3/c1-3-11-33-27-35(19-17-31(33)9-1)57(37-21-23-41-39-13-5-7-15-44(39)59-46(41)29-37)48-26-25-43-49-51(61-50(43)53-48)54-52(56-55-49)58(36-20-18-32-10-2-4-12-34(32)28-36)38-22-24-42-40-14-6-8-16-45(40)60-47(42)30-38/h1-30H. The third kappa shape index (κ3) is 5.34. The van der Waals surface area contributed by atoms with Gasteiger partial charge in [-0.1, -0.05) is 97.1 Å². The number of anilines is 6. The fourth-order valence-electron chi connectivity index (χ4n) is 8.68. The molecule has 8 aromatic carbocycles. The molecule has 0 N–H and O–H groups in total. The van der Waals surface area contributed by atoms with Gasteiger partial charge < -0.3 is 13.3 Å². The van der Waals surface area contributed by atoms with Crippen LogP contribution in [-0.2, 0) is 0 Å². The number of hydrogen-bond donors (Lipinski definition) is 0. The van der Waals surface area contributed by atoms with Crippen LogP contribution in [0.2, 0.25) is 0 Å². The maximum absolute atomic E-state index is 6.52. The van der Waals surface area contributed by atoms with Gasteiger partial charge in [0.2, 0.25) is 5.71 Å². The molecule has 0 unspecified atom stereocenters. The van der Waals surface area contributed by atoms with Gasteiger partial charge in [0, 0.05) is 45.1 Å². The van der Waals surface area contributed by atoms with E-state index >= 15 is 0 Å². The molecule has 0 aliphatic carbocycles. The van der Waals surface area contributed by atoms with Crippen LogP contribution in [0.4, 0.5) is 34.5 Å². The summed E-state index contributed by atoms with van der Waals surface area (Å²) in [5.41, 5.74) is 7.94. The lowest BCUT2D eigenvalue weighted by molar-refractivity contribution is 0.637. The predicted octanol–water partition coefficient (Wildman–Crippen LogP) is 14.2. The molecule has 0 aliphatic heterocycles. The van der Waals surface area contributed by atoms with Gasteiger partial charge in [-0.15, -0.1) is 10.2 Å². The zero-order valence-corrected chi connectivity index (χ0v) is 32.2. The Kier molecular flexibility index (Phi) is 7.11. The number of aromatic nitrogens is 4. The molecule has 0 saturated carbocycles. The van der Waals surface area contributed by atoms with Gasteiger partial charge in [-0.25, -0.2) is 0 Å². The van der Waals surface area contributed by atoms with Crippen LogP contribution in [0.5, 0.6) is 0 Å². The van der Waals surface area contributed by atoms with E-state index < -0.39 is 0 Å². The van der Waals surface area contributed by atoms with Gasteiger partial charge in [0.25, 0.3) is 11.7 Å². The summed E-state index contributed by atoms with van der Waals surface area (Å²) in [5.74, 6) is 0.997. The second-order valence-electron chi connectivity index (χ2n) is 15.2. The van der Waals surface area contributed by atoms with Gasteiger partial charge in [0.15, 0.2) is 5.52 Å². The second-order valence-corrected chi connectivity index (χ2v) is 15.2. The highest BCUT2D eigenvalue weighted by Crippen LogP contribution is 2.42. The molecule has 5 aromatic heterocycles. The molecule has 13 rings (SSSR count). The molecule has 0 saturated heterocycles. The molecule has 5 heterocycles. The first kappa shape index (κ1) is 33.4. The molecule has 9 nitrogen and oxygen atoms in total. The average Bonchev–Trinajstić information content (AvgIpc) is 3.99. The molecule has 286 valence electrons. The van der Waals surface area contributed by atoms with E-state index in [9.17, 15) is 0 Å². The molecular weight excluding hydrogens is 757 g/mol. The molecule has 0 fully saturated rings. The van der Waals surface area contributed by atoms with Crippen molar-refractivity contribution in [3.63, 3.8) is 0 Å². The summed E-state index contributed by atoms with van der Waals surface area (Å²) in [6.07, 6.45) is 0. The number of para-hydroxylation sites is 2. The Bertz CT molecular complexity index is 3640. The fourth-order valence-corrected chi connectivity index (χ4v) is 8.68. The van der Waals surface area contributed by atoms with Gasteiger partial charge in [0.05, 0.1) is 16.8 Å². The Morgan fingerprint density at radius 1 is 0.328 bits per heavy atom. The molecule has 61 heavy (non-hydrogen) atoms. The Morgan fingerprint density at radius 2 is 0.820 bits per heavy atom. The second kappa shape index (κ2) is 13.0. The van der Waals surface area contributed by atoms with Crippen LogP contribution in [0.3, 0.4) is 0 Å². The average molecular weight is 787 g/mol. The highest BCUT2D eigenvalue weighted by atomic mass is 16.4. The Labute approximate surface area is 346 Å². The van der Waals surface area contributed by atoms with Crippen molar-refractivity contribution >= 4 is 122 Å². The van der Waals surface area contributed by atoms with Crippen molar-refractivity contribution in [2.45, 2.75) is 0 Å². The summed E-state index contributed by atoms with van der Waals surface area (Å²) in [7, 11) is 0. The van der Waals surface area contributed by atoms with E-state index in [1.54, 1.807) is 0 Å². The van der Waals surface area contributed by atoms with E-state index in [1.165, 1.54) is 0 Å². The summed E-state index contributed by atoms with van der Waals surface area (Å²) in [6.45, 7) is 0. The molecule has 0 aliphatic rings. The number of benzene rings is 8. The summed E-state index contributed by atoms with van der Waals surface area (Å²) >= 11 is 0. The third-order valence-electron chi connectivity index (χ3n) is 11.6. The zero-order chi connectivity index (χ0) is 40.0. The minimum absolute atomic E-state index is 0.321. The number of furan rings is 3. The molecular formula is C52H30N6O3. The predicted molar refractivity (Wildman–Crippen MR) is 244 cm³/mol. The van der Waals surface area contributed by atoms with Crippen molar-refractivity contribution in [2.75, 3.05) is 9.80 Å². The van der Waals surface area contributed by atoms with Crippen molar-refractivity contribution in [1.29, 1.82) is 0 Å². The first-order valence-electron chi connectivity index (χ1n) is 20.0. The minimum Gasteiger partial charge on any atom is -0.456 e. The SMILES string of the molecule is c1ccc2cc(N(c3ccc4c(c3)oc3ccccc34)c3ccc4c(n3)oc3nc(N(c5ccc6ccccc6c5)c5ccc6c(c5)oc5ccccc56)nnc34)ccc2c1. The van der Waals surface area contributed by atoms with E-state index in [0.29, 0.717) is 34.1 Å². The molecule has 0 amide bonds. The highest BCUT2D eigenvalue weighted by Gasteiger charge is 2.23. The molecule has 0 radical (unpaired) electrons. The number of pyridine rings is 1. The topological polar surface area (TPSA) is 97.5 Å². The number of fused-ring (bicyclic) bond motifs is 11. The monoisotopic (exact) mass is 786 g/mol. The number of rotatable bonds is 6. The molecule has 0 bridgehead atoms. The van der Waals surface area contributed by atoms with Gasteiger partial charge in [-0.05, 0) is 94.3 Å². The maximum atomic E-state index is 6.52. The first-order valence-corrected chi connectivity index (χ1v) is 20.0. The van der Waals surface area contributed by atoms with Crippen molar-refractivity contribution in [3.05, 3.63) is 182 Å². The quantitative estimate of drug-likeness (QED) is 0.163. The number of nitrogens with zero attached hydrogens (tertiary/aromatic N) is 6. The Hall–Kier alpha value is -8.56. The Balaban J connectivity index is 0.961. The van der Waals surface area contributed by atoms with Gasteiger partial charge in [-0.2, -0.15) is 9.97 Å². The van der Waals surface area contributed by atoms with Crippen LogP contribution >= 0.6 is 0 Å². The van der Waals surface area contributed by atoms with Gasteiger partial charge in [-0.3, -0.25) is 9.80 Å². The Morgan fingerprint density at radius 3 is 1.46 bits per heavy atom. The van der Waals surface area contributed by atoms with Crippen molar-refractivity contribution in [1.82, 2.24) is 20.2 Å². The van der Waals surface area contributed by atoms with Gasteiger partial charge in [0.1, 0.15) is 28.1 Å². The number of hydrogen-bond acceptors (Lipinski definition) is 9. The van der Waals surface area contributed by atoms with Crippen molar-refractivity contribution in [2.24, 2.45) is 0 Å². The highest BCUT2D eigenvalue weighted by molar-refractivity contribution is 6.08. The van der Waals surface area contributed by atoms with E-state index in [1.807, 2.05) is 71.6 Å². The van der Waals surface area contributed by atoms with Crippen LogP contribution in [0.1, 0.15) is 0 Å². The van der Waals surface area contributed by atoms with Crippen molar-refractivity contribution in [3.8, 4) is 0 Å². The summed E-state index contributed by atoms with van der Waals surface area (Å²) in [5, 5.41) is 18.9. The van der Waals surface area contributed by atoms with Crippen LogP contribution in [0, 0.1) is 0 Å². The minimum atomic E-state index is 0.321. The third-order valence-corrected chi connectivity index (χ3v) is 11.6. The first-order chi connectivity index (χ1) is 30.2. The lowest BCUT2D eigenvalue weighted by Gasteiger charge is -2.24. The molecule has 13 aromatic rings. The lowest BCUT2D eigenvalue weighted by atomic mass is 10.1. The van der Waals surface area contributed by atoms with Crippen molar-refractivity contribution < 1.29 is 13.3 Å². The van der Waals surface area contributed by atoms with Crippen LogP contribution in [-0.4, -0.2) is 20.2 Å². The summed E-state index contributed by atoms with van der Waals surface area (Å²) in [6, 6.07) is 61.9. The van der Waals surface area contributed by atoms with E-state index in [-0.39, 0.29) is 0 Å². The lowest BCUT2D eigenvalue weighted by Crippen LogP contribution is -2.14. The van der Waals surface area contributed by atoms with Gasteiger partial charge >= 0.3 is 0 Å². The molecule has 0 atom stereocenters. The normalized spacial score (nSPS) is 11.9. The van der Waals surface area contributed by atoms with E-state index in [0.717, 1.165) is 88.2 Å². The smallest absolute Gasteiger partial charge is 0.257 e. The van der Waals surface area contributed by atoms with Crippen LogP contribution in [0.25, 0.3) is 87.8 Å². The van der Waals surface area contributed by atoms with E-state index in [4.69, 9.17) is 33.4 Å². The fraction of sp³-hybridized carbons (Fsp3) is 0. The molecule has 0 spiro atoms. The summed E-state index contributed by atoms with van der Waals surface area (Å²) < 4.78 is 19.2. The van der Waals surface area contributed by atoms with Crippen LogP contribution in [0.15, 0.2) is 195 Å². The summed E-state index contributed by atoms with van der Waals surface area (Å²) in [4.78, 5) is 14.3. The zero-order valence-electron chi connectivity index (χ0n) is 32.2. The van der Waals surface area contributed by atoms with Crippen LogP contribution < -0.4 is 9.80 Å². The maximum Gasteiger partial charge on any atom is 0.257 e.